The monoisotopic (exact) mass is 511 g/mol. The van der Waals surface area contributed by atoms with Crippen molar-refractivity contribution in [3.63, 3.8) is 0 Å². The third-order valence-corrected chi connectivity index (χ3v) is 7.81. The van der Waals surface area contributed by atoms with E-state index < -0.39 is 0 Å². The highest BCUT2D eigenvalue weighted by molar-refractivity contribution is 6.14. The maximum Gasteiger partial charge on any atom is 0.143 e. The summed E-state index contributed by atoms with van der Waals surface area (Å²) in [5, 5.41) is 4.66. The van der Waals surface area contributed by atoms with Crippen molar-refractivity contribution >= 4 is 32.6 Å². The molecule has 2 heterocycles. The zero-order valence-corrected chi connectivity index (χ0v) is 21.8. The number of hydrogen-bond donors (Lipinski definition) is 0. The van der Waals surface area contributed by atoms with Crippen LogP contribution >= 0.6 is 0 Å². The normalized spacial score (nSPS) is 11.5. The van der Waals surface area contributed by atoms with Gasteiger partial charge >= 0.3 is 0 Å². The average Bonchev–Trinajstić information content (AvgIpc) is 3.58. The van der Waals surface area contributed by atoms with Crippen molar-refractivity contribution < 1.29 is 4.42 Å². The highest BCUT2D eigenvalue weighted by Gasteiger charge is 2.22. The number of aromatic nitrogens is 1. The summed E-state index contributed by atoms with van der Waals surface area (Å²) in [4.78, 5) is 0. The fraction of sp³-hybridized carbons (Fsp3) is 0. The molecule has 0 saturated carbocycles. The van der Waals surface area contributed by atoms with Crippen molar-refractivity contribution in [3.8, 4) is 39.5 Å². The highest BCUT2D eigenvalue weighted by Crippen LogP contribution is 2.45. The molecule has 0 aliphatic carbocycles. The van der Waals surface area contributed by atoms with Gasteiger partial charge in [0.2, 0.25) is 0 Å². The van der Waals surface area contributed by atoms with E-state index in [1.54, 1.807) is 0 Å². The first-order valence-electron chi connectivity index (χ1n) is 13.6. The molecule has 2 heteroatoms. The van der Waals surface area contributed by atoms with Crippen LogP contribution in [-0.4, -0.2) is 4.57 Å². The smallest absolute Gasteiger partial charge is 0.143 e. The Hall–Kier alpha value is -5.34. The Kier molecular flexibility index (Phi) is 5.17. The Bertz CT molecular complexity index is 2140. The summed E-state index contributed by atoms with van der Waals surface area (Å²) >= 11 is 0. The van der Waals surface area contributed by atoms with E-state index in [1.807, 2.05) is 6.07 Å². The largest absolute Gasteiger partial charge is 0.455 e. The molecule has 8 rings (SSSR count). The summed E-state index contributed by atoms with van der Waals surface area (Å²) in [5.41, 5.74) is 7.98. The van der Waals surface area contributed by atoms with E-state index in [1.165, 1.54) is 21.8 Å². The summed E-state index contributed by atoms with van der Waals surface area (Å²) in [6.45, 7) is 0. The molecule has 0 atom stereocenters. The molecule has 0 saturated heterocycles. The summed E-state index contributed by atoms with van der Waals surface area (Å²) in [7, 11) is 0. The van der Waals surface area contributed by atoms with E-state index in [0.717, 1.165) is 50.2 Å². The molecule has 0 aliphatic heterocycles. The number of fused-ring (bicyclic) bond motifs is 4. The van der Waals surface area contributed by atoms with E-state index in [4.69, 9.17) is 4.42 Å². The fourth-order valence-corrected chi connectivity index (χ4v) is 6.01. The predicted molar refractivity (Wildman–Crippen MR) is 167 cm³/mol. The summed E-state index contributed by atoms with van der Waals surface area (Å²) in [5.74, 6) is 1.80. The second-order valence-corrected chi connectivity index (χ2v) is 10.1. The van der Waals surface area contributed by atoms with Crippen molar-refractivity contribution in [2.45, 2.75) is 0 Å². The van der Waals surface area contributed by atoms with Gasteiger partial charge in [-0.2, -0.15) is 0 Å². The molecule has 188 valence electrons. The topological polar surface area (TPSA) is 18.1 Å². The first kappa shape index (κ1) is 22.6. The average molecular weight is 512 g/mol. The second kappa shape index (κ2) is 9.14. The molecule has 0 amide bonds. The van der Waals surface area contributed by atoms with Crippen LogP contribution in [-0.2, 0) is 0 Å². The molecule has 0 aliphatic rings. The minimum Gasteiger partial charge on any atom is -0.455 e. The molecule has 40 heavy (non-hydrogen) atoms. The van der Waals surface area contributed by atoms with Crippen LogP contribution in [0.5, 0.6) is 0 Å². The Morgan fingerprint density at radius 3 is 1.62 bits per heavy atom. The first-order valence-corrected chi connectivity index (χ1v) is 13.6. The van der Waals surface area contributed by atoms with Crippen LogP contribution in [0.2, 0.25) is 0 Å². The van der Waals surface area contributed by atoms with Gasteiger partial charge in [-0.3, -0.25) is 0 Å². The van der Waals surface area contributed by atoms with Gasteiger partial charge in [0.05, 0.1) is 11.0 Å². The summed E-state index contributed by atoms with van der Waals surface area (Å²) in [6.07, 6.45) is 0. The summed E-state index contributed by atoms with van der Waals surface area (Å²) in [6, 6.07) is 53.5. The van der Waals surface area contributed by atoms with Crippen LogP contribution in [0.25, 0.3) is 72.0 Å². The van der Waals surface area contributed by atoms with E-state index in [9.17, 15) is 0 Å². The molecule has 0 unspecified atom stereocenters. The van der Waals surface area contributed by atoms with Crippen LogP contribution in [0.3, 0.4) is 0 Å². The molecule has 6 aromatic carbocycles. The minimum atomic E-state index is 0.895. The molecule has 2 aromatic heterocycles. The van der Waals surface area contributed by atoms with Crippen molar-refractivity contribution in [1.29, 1.82) is 0 Å². The standard InChI is InChI=1S/C38H25NO/c1-4-14-26(15-5-1)32-25-36-33(29-20-12-13-23-35(29)39(36)28-18-8-3-9-19-28)24-34(32)38-31-22-11-10-21-30(31)37(40-38)27-16-6-2-7-17-27/h1-25H. The third kappa shape index (κ3) is 3.50. The first-order chi connectivity index (χ1) is 19.9. The van der Waals surface area contributed by atoms with Crippen LogP contribution in [0.4, 0.5) is 0 Å². The lowest BCUT2D eigenvalue weighted by molar-refractivity contribution is 0.602. The predicted octanol–water partition coefficient (Wildman–Crippen LogP) is 10.5. The van der Waals surface area contributed by atoms with Crippen molar-refractivity contribution in [3.05, 3.63) is 152 Å². The molecule has 0 bridgehead atoms. The lowest BCUT2D eigenvalue weighted by atomic mass is 9.94. The number of para-hydroxylation sites is 2. The van der Waals surface area contributed by atoms with Gasteiger partial charge < -0.3 is 8.98 Å². The van der Waals surface area contributed by atoms with E-state index in [2.05, 4.69) is 150 Å². The third-order valence-electron chi connectivity index (χ3n) is 7.81. The lowest BCUT2D eigenvalue weighted by Crippen LogP contribution is -1.94. The van der Waals surface area contributed by atoms with E-state index >= 15 is 0 Å². The molecule has 0 spiro atoms. The maximum absolute atomic E-state index is 6.85. The second-order valence-electron chi connectivity index (χ2n) is 10.1. The summed E-state index contributed by atoms with van der Waals surface area (Å²) < 4.78 is 9.22. The molecular formula is C38H25NO. The maximum atomic E-state index is 6.85. The van der Waals surface area contributed by atoms with Gasteiger partial charge in [-0.05, 0) is 41.5 Å². The molecule has 0 fully saturated rings. The van der Waals surface area contributed by atoms with Gasteiger partial charge in [0.15, 0.2) is 0 Å². The molecule has 0 N–H and O–H groups in total. The highest BCUT2D eigenvalue weighted by atomic mass is 16.3. The lowest BCUT2D eigenvalue weighted by Gasteiger charge is -2.12. The number of nitrogens with zero attached hydrogens (tertiary/aromatic N) is 1. The van der Waals surface area contributed by atoms with Gasteiger partial charge in [0.25, 0.3) is 0 Å². The van der Waals surface area contributed by atoms with Crippen LogP contribution < -0.4 is 0 Å². The van der Waals surface area contributed by atoms with Gasteiger partial charge in [-0.25, -0.2) is 0 Å². The zero-order valence-electron chi connectivity index (χ0n) is 21.8. The van der Waals surface area contributed by atoms with Gasteiger partial charge in [0, 0.05) is 38.4 Å². The quantitative estimate of drug-likeness (QED) is 0.230. The van der Waals surface area contributed by atoms with Gasteiger partial charge in [-0.15, -0.1) is 0 Å². The van der Waals surface area contributed by atoms with Crippen LogP contribution in [0, 0.1) is 0 Å². The van der Waals surface area contributed by atoms with Gasteiger partial charge in [-0.1, -0.05) is 121 Å². The molecular weight excluding hydrogens is 486 g/mol. The van der Waals surface area contributed by atoms with E-state index in [0.29, 0.717) is 0 Å². The molecule has 8 aromatic rings. The Balaban J connectivity index is 1.51. The van der Waals surface area contributed by atoms with Crippen LogP contribution in [0.1, 0.15) is 0 Å². The Morgan fingerprint density at radius 1 is 0.375 bits per heavy atom. The SMILES string of the molecule is c1ccc(-c2cc3c(cc2-c2oc(-c4ccccc4)c4ccccc24)c2ccccc2n3-c2ccccc2)cc1. The minimum absolute atomic E-state index is 0.895. The van der Waals surface area contributed by atoms with Crippen molar-refractivity contribution in [1.82, 2.24) is 4.57 Å². The molecule has 0 radical (unpaired) electrons. The van der Waals surface area contributed by atoms with Crippen molar-refractivity contribution in [2.75, 3.05) is 0 Å². The van der Waals surface area contributed by atoms with E-state index in [-0.39, 0.29) is 0 Å². The van der Waals surface area contributed by atoms with Crippen LogP contribution in [0.15, 0.2) is 156 Å². The number of rotatable bonds is 4. The number of furan rings is 1. The Morgan fingerprint density at radius 2 is 0.925 bits per heavy atom. The van der Waals surface area contributed by atoms with Gasteiger partial charge in [0.1, 0.15) is 11.5 Å². The fourth-order valence-electron chi connectivity index (χ4n) is 6.01. The number of hydrogen-bond acceptors (Lipinski definition) is 1. The number of benzene rings is 6. The molecule has 2 nitrogen and oxygen atoms in total. The van der Waals surface area contributed by atoms with Crippen molar-refractivity contribution in [2.24, 2.45) is 0 Å². The zero-order chi connectivity index (χ0) is 26.5. The Labute approximate surface area is 232 Å².